The molecule has 3 unspecified atom stereocenters. The summed E-state index contributed by atoms with van der Waals surface area (Å²) in [5.41, 5.74) is -3.08. The van der Waals surface area contributed by atoms with Crippen LogP contribution in [0.2, 0.25) is 0 Å². The predicted molar refractivity (Wildman–Crippen MR) is 50.6 cm³/mol. The topological polar surface area (TPSA) is 173 Å². The van der Waals surface area contributed by atoms with Crippen LogP contribution >= 0.6 is 0 Å². The summed E-state index contributed by atoms with van der Waals surface area (Å²) in [6, 6.07) is 0. The first-order valence-corrected chi connectivity index (χ1v) is 5.98. The van der Waals surface area contributed by atoms with Gasteiger partial charge in [0.1, 0.15) is 12.2 Å². The highest BCUT2D eigenvalue weighted by atomic mass is 32.2. The van der Waals surface area contributed by atoms with Gasteiger partial charge >= 0.3 is 5.97 Å². The molecule has 1 aliphatic rings. The Kier molecular flexibility index (Phi) is 3.49. The molecule has 6 N–H and O–H groups in total. The van der Waals surface area contributed by atoms with Gasteiger partial charge in [-0.1, -0.05) is 0 Å². The molecule has 1 saturated carbocycles. The van der Waals surface area contributed by atoms with E-state index in [-0.39, 0.29) is 0 Å². The molecular formula is C7H12O9S. The second kappa shape index (κ2) is 4.15. The molecule has 0 aromatic carbocycles. The average molecular weight is 272 g/mol. The van der Waals surface area contributed by atoms with Gasteiger partial charge in [-0.05, 0) is 0 Å². The van der Waals surface area contributed by atoms with Crippen molar-refractivity contribution in [2.45, 2.75) is 35.6 Å². The van der Waals surface area contributed by atoms with E-state index in [2.05, 4.69) is 0 Å². The number of carboxylic acids is 1. The van der Waals surface area contributed by atoms with E-state index in [1.165, 1.54) is 0 Å². The number of carboxylic acid groups (broad SMARTS) is 1. The highest BCUT2D eigenvalue weighted by Gasteiger charge is 2.61. The number of carbonyl (C=O) groups is 1. The zero-order chi connectivity index (χ0) is 13.6. The highest BCUT2D eigenvalue weighted by Crippen LogP contribution is 2.34. The molecule has 10 heteroatoms. The van der Waals surface area contributed by atoms with Crippen molar-refractivity contribution in [1.82, 2.24) is 0 Å². The summed E-state index contributed by atoms with van der Waals surface area (Å²) in [5.74, 6) is -2.04. The monoisotopic (exact) mass is 272 g/mol. The Bertz CT molecular complexity index is 417. The second-order valence-electron chi connectivity index (χ2n) is 3.92. The fourth-order valence-electron chi connectivity index (χ4n) is 1.88. The Morgan fingerprint density at radius 2 is 1.65 bits per heavy atom. The van der Waals surface area contributed by atoms with Gasteiger partial charge in [0.25, 0.3) is 10.1 Å². The highest BCUT2D eigenvalue weighted by molar-refractivity contribution is 7.86. The Morgan fingerprint density at radius 3 is 2.00 bits per heavy atom. The van der Waals surface area contributed by atoms with E-state index < -0.39 is 51.7 Å². The van der Waals surface area contributed by atoms with Crippen LogP contribution in [-0.4, -0.2) is 73.6 Å². The van der Waals surface area contributed by atoms with Gasteiger partial charge in [-0.3, -0.25) is 4.55 Å². The molecule has 0 bridgehead atoms. The van der Waals surface area contributed by atoms with Gasteiger partial charge in [0, 0.05) is 6.42 Å². The number of rotatable bonds is 2. The number of aliphatic hydroxyl groups is 4. The quantitative estimate of drug-likeness (QED) is 0.279. The normalized spacial score (nSPS) is 43.4. The van der Waals surface area contributed by atoms with Crippen molar-refractivity contribution in [2.24, 2.45) is 0 Å². The largest absolute Gasteiger partial charge is 0.479 e. The number of aliphatic carboxylic acids is 1. The predicted octanol–water partition coefficient (Wildman–Crippen LogP) is -3.46. The maximum atomic E-state index is 10.9. The van der Waals surface area contributed by atoms with E-state index in [0.717, 1.165) is 0 Å². The third-order valence-corrected chi connectivity index (χ3v) is 4.05. The molecule has 17 heavy (non-hydrogen) atoms. The first-order chi connectivity index (χ1) is 7.51. The molecule has 0 aromatic rings. The van der Waals surface area contributed by atoms with E-state index in [4.69, 9.17) is 9.66 Å². The van der Waals surface area contributed by atoms with Crippen molar-refractivity contribution in [3.8, 4) is 0 Å². The van der Waals surface area contributed by atoms with Gasteiger partial charge in [0.2, 0.25) is 0 Å². The molecule has 1 rings (SSSR count). The summed E-state index contributed by atoms with van der Waals surface area (Å²) in [4.78, 5) is 10.8. The molecule has 0 radical (unpaired) electrons. The van der Waals surface area contributed by atoms with Crippen LogP contribution in [0.3, 0.4) is 0 Å². The van der Waals surface area contributed by atoms with Crippen molar-refractivity contribution in [3.05, 3.63) is 0 Å². The summed E-state index contributed by atoms with van der Waals surface area (Å²) in [6.07, 6.45) is -7.18. The van der Waals surface area contributed by atoms with Gasteiger partial charge in [-0.2, -0.15) is 8.42 Å². The third-order valence-electron chi connectivity index (χ3n) is 2.74. The van der Waals surface area contributed by atoms with Crippen LogP contribution in [0.1, 0.15) is 6.42 Å². The Morgan fingerprint density at radius 1 is 1.18 bits per heavy atom. The lowest BCUT2D eigenvalue weighted by atomic mass is 9.79. The van der Waals surface area contributed by atoms with E-state index in [0.29, 0.717) is 0 Å². The van der Waals surface area contributed by atoms with Crippen molar-refractivity contribution < 1.29 is 43.3 Å². The van der Waals surface area contributed by atoms with Crippen LogP contribution in [-0.2, 0) is 14.9 Å². The molecule has 100 valence electrons. The fourth-order valence-corrected chi connectivity index (χ4v) is 3.08. The average Bonchev–Trinajstić information content (AvgIpc) is 2.11. The minimum absolute atomic E-state index is 1.04. The molecule has 9 nitrogen and oxygen atoms in total. The molecule has 0 heterocycles. The standard InChI is InChI=1S/C7H12O9S/c8-2-1-7(13,6(11)12)5(17(14,15)16)4(10)3(2)9/h2-5,8-10,13H,1H2,(H,11,12)(H,14,15,16)/t2-,3?,4+,5?,7?/m1/s1. The maximum absolute atomic E-state index is 10.9. The second-order valence-corrected chi connectivity index (χ2v) is 5.46. The summed E-state index contributed by atoms with van der Waals surface area (Å²) < 4.78 is 30.7. The lowest BCUT2D eigenvalue weighted by Gasteiger charge is -2.42. The fraction of sp³-hybridized carbons (Fsp3) is 0.857. The van der Waals surface area contributed by atoms with Gasteiger partial charge in [0.05, 0.1) is 6.10 Å². The van der Waals surface area contributed by atoms with Crippen LogP contribution in [0, 0.1) is 0 Å². The maximum Gasteiger partial charge on any atom is 0.337 e. The summed E-state index contributed by atoms with van der Waals surface area (Å²) in [5, 5.41) is 43.6. The SMILES string of the molecule is O=C(O)C1(O)C[C@@H](O)C(O)[C@H](O)C1S(=O)(=O)O. The molecular weight excluding hydrogens is 260 g/mol. The van der Waals surface area contributed by atoms with Crippen molar-refractivity contribution in [2.75, 3.05) is 0 Å². The van der Waals surface area contributed by atoms with Crippen molar-refractivity contribution >= 4 is 16.1 Å². The molecule has 0 aromatic heterocycles. The number of hydrogen-bond acceptors (Lipinski definition) is 7. The van der Waals surface area contributed by atoms with E-state index in [9.17, 15) is 33.6 Å². The van der Waals surface area contributed by atoms with Gasteiger partial charge in [0.15, 0.2) is 10.9 Å². The number of aliphatic hydroxyl groups excluding tert-OH is 3. The van der Waals surface area contributed by atoms with Crippen molar-refractivity contribution in [3.63, 3.8) is 0 Å². The van der Waals surface area contributed by atoms with Crippen LogP contribution in [0.5, 0.6) is 0 Å². The van der Waals surface area contributed by atoms with E-state index in [1.54, 1.807) is 0 Å². The number of hydrogen-bond donors (Lipinski definition) is 6. The van der Waals surface area contributed by atoms with Crippen LogP contribution in [0.25, 0.3) is 0 Å². The first kappa shape index (κ1) is 14.3. The summed E-state index contributed by atoms with van der Waals surface area (Å²) in [7, 11) is -5.14. The van der Waals surface area contributed by atoms with Gasteiger partial charge in [-0.15, -0.1) is 0 Å². The van der Waals surface area contributed by atoms with Gasteiger partial charge < -0.3 is 25.5 Å². The minimum Gasteiger partial charge on any atom is -0.479 e. The lowest BCUT2D eigenvalue weighted by Crippen LogP contribution is -2.68. The van der Waals surface area contributed by atoms with E-state index in [1.807, 2.05) is 0 Å². The van der Waals surface area contributed by atoms with Crippen LogP contribution in [0.15, 0.2) is 0 Å². The first-order valence-electron chi connectivity index (χ1n) is 4.48. The zero-order valence-electron chi connectivity index (χ0n) is 8.33. The minimum atomic E-state index is -5.14. The van der Waals surface area contributed by atoms with Crippen LogP contribution < -0.4 is 0 Å². The van der Waals surface area contributed by atoms with Gasteiger partial charge in [-0.25, -0.2) is 4.79 Å². The summed E-state index contributed by atoms with van der Waals surface area (Å²) in [6.45, 7) is 0. The van der Waals surface area contributed by atoms with Crippen molar-refractivity contribution in [1.29, 1.82) is 0 Å². The molecule has 1 aliphatic carbocycles. The Balaban J connectivity index is 3.32. The summed E-state index contributed by atoms with van der Waals surface area (Å²) >= 11 is 0. The molecule has 0 saturated heterocycles. The smallest absolute Gasteiger partial charge is 0.337 e. The van der Waals surface area contributed by atoms with E-state index >= 15 is 0 Å². The molecule has 0 aliphatic heterocycles. The zero-order valence-corrected chi connectivity index (χ0v) is 9.15. The molecule has 5 atom stereocenters. The van der Waals surface area contributed by atoms with Crippen LogP contribution in [0.4, 0.5) is 0 Å². The molecule has 1 fully saturated rings. The molecule has 0 spiro atoms. The lowest BCUT2D eigenvalue weighted by molar-refractivity contribution is -0.185. The molecule has 0 amide bonds. The Hall–Kier alpha value is -0.780. The Labute approximate surface area is 95.7 Å². The third kappa shape index (κ3) is 2.27.